The van der Waals surface area contributed by atoms with Crippen molar-refractivity contribution in [3.8, 4) is 0 Å². The molecule has 1 rings (SSSR count). The van der Waals surface area contributed by atoms with Gasteiger partial charge in [0.15, 0.2) is 0 Å². The molecule has 0 saturated heterocycles. The van der Waals surface area contributed by atoms with Crippen molar-refractivity contribution in [2.75, 3.05) is 0 Å². The average molecular weight is 181 g/mol. The first-order valence-corrected chi connectivity index (χ1v) is 4.55. The van der Waals surface area contributed by atoms with E-state index in [1.54, 1.807) is 0 Å². The summed E-state index contributed by atoms with van der Waals surface area (Å²) in [5.41, 5.74) is 0. The number of hydrogen-bond acceptors (Lipinski definition) is 1. The van der Waals surface area contributed by atoms with Gasteiger partial charge in [-0.2, -0.15) is 0 Å². The molecule has 0 aromatic heterocycles. The van der Waals surface area contributed by atoms with Crippen molar-refractivity contribution in [1.82, 2.24) is 5.32 Å². The topological polar surface area (TPSA) is 12.0 Å². The number of hydrogen-bond donors (Lipinski definition) is 1. The Morgan fingerprint density at radius 3 is 2.18 bits per heavy atom. The number of nitrogens with one attached hydrogen (secondary N) is 1. The van der Waals surface area contributed by atoms with Crippen LogP contribution in [-0.2, 0) is 0 Å². The van der Waals surface area contributed by atoms with Gasteiger partial charge in [-0.05, 0) is 12.8 Å². The van der Waals surface area contributed by atoms with Crippen LogP contribution < -0.4 is 56.7 Å². The number of rotatable bonds is 2. The predicted molar refractivity (Wildman–Crippen MR) is 46.3 cm³/mol. The maximum atomic E-state index is 3.58. The van der Waals surface area contributed by atoms with Gasteiger partial charge in [-0.3, -0.25) is 0 Å². The van der Waals surface area contributed by atoms with Gasteiger partial charge in [0.25, 0.3) is 0 Å². The van der Waals surface area contributed by atoms with E-state index < -0.39 is 0 Å². The molecule has 0 aliphatic heterocycles. The zero-order chi connectivity index (χ0) is 7.40. The molecule has 1 N–H and O–H groups in total. The van der Waals surface area contributed by atoms with Gasteiger partial charge in [0, 0.05) is 12.1 Å². The Kier molecular flexibility index (Phi) is 8.07. The molecule has 0 atom stereocenters. The molecule has 0 bridgehead atoms. The minimum Gasteiger partial charge on any atom is -1.00 e. The Morgan fingerprint density at radius 2 is 1.73 bits per heavy atom. The van der Waals surface area contributed by atoms with E-state index >= 15 is 0 Å². The van der Waals surface area contributed by atoms with Crippen molar-refractivity contribution in [1.29, 1.82) is 0 Å². The predicted octanol–water partition coefficient (Wildman–Crippen LogP) is -0.566. The summed E-state index contributed by atoms with van der Waals surface area (Å²) in [7, 11) is 0. The van der Waals surface area contributed by atoms with Crippen LogP contribution in [0.4, 0.5) is 0 Å². The minimum atomic E-state index is 0. The fourth-order valence-corrected chi connectivity index (χ4v) is 1.74. The third-order valence-electron chi connectivity index (χ3n) is 2.17. The zero-order valence-corrected chi connectivity index (χ0v) is 11.3. The smallest absolute Gasteiger partial charge is 1.00 e. The van der Waals surface area contributed by atoms with Crippen molar-refractivity contribution in [2.24, 2.45) is 0 Å². The summed E-state index contributed by atoms with van der Waals surface area (Å²) in [4.78, 5) is 0. The molecule has 0 unspecified atom stereocenters. The van der Waals surface area contributed by atoms with Crippen LogP contribution in [0.1, 0.15) is 47.4 Å². The van der Waals surface area contributed by atoms with Gasteiger partial charge in [0.1, 0.15) is 0 Å². The first kappa shape index (κ1) is 12.6. The van der Waals surface area contributed by atoms with Gasteiger partial charge in [0.2, 0.25) is 0 Å². The van der Waals surface area contributed by atoms with E-state index in [-0.39, 0.29) is 52.8 Å². The first-order valence-electron chi connectivity index (χ1n) is 4.55. The van der Waals surface area contributed by atoms with Crippen molar-refractivity contribution in [2.45, 2.75) is 58.0 Å². The summed E-state index contributed by atoms with van der Waals surface area (Å²) in [6.07, 6.45) is 7.13. The average Bonchev–Trinajstić information content (AvgIpc) is 1.88. The molecule has 0 amide bonds. The molecule has 1 aliphatic rings. The molecule has 62 valence electrons. The molecule has 0 aromatic carbocycles. The second-order valence-corrected chi connectivity index (χ2v) is 3.66. The summed E-state index contributed by atoms with van der Waals surface area (Å²) in [6, 6.07) is 1.50. The molecule has 11 heavy (non-hydrogen) atoms. The molecule has 1 saturated carbocycles. The van der Waals surface area contributed by atoms with Gasteiger partial charge in [-0.25, -0.2) is 0 Å². The van der Waals surface area contributed by atoms with Crippen LogP contribution in [0, 0.1) is 0 Å². The van der Waals surface area contributed by atoms with Crippen LogP contribution in [0.3, 0.4) is 0 Å². The minimum absolute atomic E-state index is 0. The first-order chi connectivity index (χ1) is 4.79. The molecule has 0 heterocycles. The SMILES string of the molecule is CC(C)NC1CCCCC1.[H-].[K+]. The van der Waals surface area contributed by atoms with Crippen molar-refractivity contribution in [3.63, 3.8) is 0 Å². The van der Waals surface area contributed by atoms with Crippen LogP contribution in [0.25, 0.3) is 0 Å². The third kappa shape index (κ3) is 5.78. The molecule has 0 aromatic rings. The summed E-state index contributed by atoms with van der Waals surface area (Å²) < 4.78 is 0. The molecular formula is C9H20KN. The summed E-state index contributed by atoms with van der Waals surface area (Å²) in [5.74, 6) is 0. The molecule has 1 aliphatic carbocycles. The maximum absolute atomic E-state index is 3.58. The van der Waals surface area contributed by atoms with Gasteiger partial charge in [-0.1, -0.05) is 33.1 Å². The molecule has 1 fully saturated rings. The fourth-order valence-electron chi connectivity index (χ4n) is 1.74. The van der Waals surface area contributed by atoms with E-state index in [2.05, 4.69) is 19.2 Å². The Labute approximate surface area is 115 Å². The van der Waals surface area contributed by atoms with Crippen LogP contribution in [0.2, 0.25) is 0 Å². The Bertz CT molecular complexity index is 92.5. The van der Waals surface area contributed by atoms with Crippen molar-refractivity contribution >= 4 is 0 Å². The maximum Gasteiger partial charge on any atom is 1.00 e. The van der Waals surface area contributed by atoms with Crippen LogP contribution >= 0.6 is 0 Å². The molecule has 1 nitrogen and oxygen atoms in total. The van der Waals surface area contributed by atoms with Gasteiger partial charge in [0.05, 0.1) is 0 Å². The van der Waals surface area contributed by atoms with Gasteiger partial charge >= 0.3 is 51.4 Å². The van der Waals surface area contributed by atoms with E-state index in [9.17, 15) is 0 Å². The standard InChI is InChI=1S/C9H19N.K.H/c1-8(2)10-9-6-4-3-5-7-9;;/h8-10H,3-7H2,1-2H3;;/q;+1;-1. The van der Waals surface area contributed by atoms with Crippen LogP contribution in [0.5, 0.6) is 0 Å². The second-order valence-electron chi connectivity index (χ2n) is 3.66. The largest absolute Gasteiger partial charge is 1.00 e. The monoisotopic (exact) mass is 181 g/mol. The van der Waals surface area contributed by atoms with Gasteiger partial charge < -0.3 is 6.74 Å². The quantitative estimate of drug-likeness (QED) is 0.563. The molecule has 2 heteroatoms. The Balaban J connectivity index is 0. The third-order valence-corrected chi connectivity index (χ3v) is 2.17. The van der Waals surface area contributed by atoms with Crippen molar-refractivity contribution < 1.29 is 52.8 Å². The van der Waals surface area contributed by atoms with E-state index in [0.29, 0.717) is 6.04 Å². The summed E-state index contributed by atoms with van der Waals surface area (Å²) in [5, 5.41) is 3.58. The van der Waals surface area contributed by atoms with Gasteiger partial charge in [-0.15, -0.1) is 0 Å². The molecular weight excluding hydrogens is 161 g/mol. The van der Waals surface area contributed by atoms with Crippen LogP contribution in [0.15, 0.2) is 0 Å². The van der Waals surface area contributed by atoms with Crippen molar-refractivity contribution in [3.05, 3.63) is 0 Å². The van der Waals surface area contributed by atoms with E-state index in [1.165, 1.54) is 32.1 Å². The van der Waals surface area contributed by atoms with E-state index in [4.69, 9.17) is 0 Å². The fraction of sp³-hybridized carbons (Fsp3) is 1.00. The van der Waals surface area contributed by atoms with E-state index in [1.807, 2.05) is 0 Å². The Hall–Kier alpha value is 1.60. The van der Waals surface area contributed by atoms with E-state index in [0.717, 1.165) is 6.04 Å². The normalized spacial score (nSPS) is 19.9. The summed E-state index contributed by atoms with van der Waals surface area (Å²) >= 11 is 0. The molecule has 0 spiro atoms. The molecule has 0 radical (unpaired) electrons. The van der Waals surface area contributed by atoms with Crippen LogP contribution in [-0.4, -0.2) is 12.1 Å². The Morgan fingerprint density at radius 1 is 1.18 bits per heavy atom. The second kappa shape index (κ2) is 7.04. The zero-order valence-electron chi connectivity index (χ0n) is 9.19. The summed E-state index contributed by atoms with van der Waals surface area (Å²) in [6.45, 7) is 4.46.